The second-order valence-electron chi connectivity index (χ2n) is 3.42. The molecule has 0 fully saturated rings. The van der Waals surface area contributed by atoms with Crippen LogP contribution in [0.4, 0.5) is 13.2 Å². The molecule has 0 amide bonds. The van der Waals surface area contributed by atoms with E-state index in [0.29, 0.717) is 5.02 Å². The molecule has 0 unspecified atom stereocenters. The van der Waals surface area contributed by atoms with Gasteiger partial charge in [-0.1, -0.05) is 11.6 Å². The zero-order chi connectivity index (χ0) is 13.3. The Bertz CT molecular complexity index is 625. The molecule has 0 bridgehead atoms. The molecule has 2 aromatic rings. The van der Waals surface area contributed by atoms with Gasteiger partial charge in [-0.15, -0.1) is 0 Å². The van der Waals surface area contributed by atoms with Gasteiger partial charge in [-0.25, -0.2) is 4.68 Å². The Morgan fingerprint density at radius 3 is 2.56 bits per heavy atom. The van der Waals surface area contributed by atoms with Crippen LogP contribution in [0.2, 0.25) is 5.02 Å². The smallest absolute Gasteiger partial charge is 0.239 e. The van der Waals surface area contributed by atoms with Crippen molar-refractivity contribution in [2.24, 2.45) is 0 Å². The van der Waals surface area contributed by atoms with Crippen LogP contribution in [0.3, 0.4) is 0 Å². The number of aromatic nitrogens is 2. The standard InChI is InChI=1S/C11H5ClF3N3/c12-8-1-2-9(7(5-8)6-16)18-4-3-10(17-18)11(13,14)15/h1-5H. The number of alkyl halides is 3. The van der Waals surface area contributed by atoms with Crippen LogP contribution in [0.1, 0.15) is 11.3 Å². The molecule has 0 saturated heterocycles. The van der Waals surface area contributed by atoms with E-state index < -0.39 is 11.9 Å². The molecule has 0 saturated carbocycles. The number of hydrogen-bond donors (Lipinski definition) is 0. The molecule has 0 spiro atoms. The molecule has 0 aliphatic heterocycles. The lowest BCUT2D eigenvalue weighted by Gasteiger charge is -2.05. The Morgan fingerprint density at radius 2 is 2.00 bits per heavy atom. The molecule has 7 heteroatoms. The van der Waals surface area contributed by atoms with Crippen LogP contribution >= 0.6 is 11.6 Å². The van der Waals surface area contributed by atoms with Crippen molar-refractivity contribution in [1.29, 1.82) is 5.26 Å². The molecular formula is C11H5ClF3N3. The van der Waals surface area contributed by atoms with Gasteiger partial charge in [0.25, 0.3) is 0 Å². The largest absolute Gasteiger partial charge is 0.435 e. The topological polar surface area (TPSA) is 41.6 Å². The first-order valence-electron chi connectivity index (χ1n) is 4.74. The van der Waals surface area contributed by atoms with Gasteiger partial charge in [0.05, 0.1) is 11.3 Å². The average molecular weight is 272 g/mol. The second-order valence-corrected chi connectivity index (χ2v) is 3.85. The van der Waals surface area contributed by atoms with Crippen LogP contribution < -0.4 is 0 Å². The Balaban J connectivity index is 2.50. The first-order valence-corrected chi connectivity index (χ1v) is 5.12. The maximum Gasteiger partial charge on any atom is 0.435 e. The molecule has 1 aromatic heterocycles. The van der Waals surface area contributed by atoms with E-state index in [-0.39, 0.29) is 11.3 Å². The summed E-state index contributed by atoms with van der Waals surface area (Å²) >= 11 is 5.70. The Morgan fingerprint density at radius 1 is 1.28 bits per heavy atom. The van der Waals surface area contributed by atoms with Gasteiger partial charge in [-0.2, -0.15) is 23.5 Å². The van der Waals surface area contributed by atoms with Gasteiger partial charge in [0.2, 0.25) is 0 Å². The highest BCUT2D eigenvalue weighted by Crippen LogP contribution is 2.28. The summed E-state index contributed by atoms with van der Waals surface area (Å²) < 4.78 is 38.2. The van der Waals surface area contributed by atoms with Gasteiger partial charge < -0.3 is 0 Å². The molecule has 0 aliphatic rings. The molecule has 3 nitrogen and oxygen atoms in total. The van der Waals surface area contributed by atoms with Crippen molar-refractivity contribution < 1.29 is 13.2 Å². The monoisotopic (exact) mass is 271 g/mol. The molecule has 0 atom stereocenters. The fraction of sp³-hybridized carbons (Fsp3) is 0.0909. The third-order valence-corrected chi connectivity index (χ3v) is 2.44. The summed E-state index contributed by atoms with van der Waals surface area (Å²) in [7, 11) is 0. The van der Waals surface area contributed by atoms with E-state index >= 15 is 0 Å². The van der Waals surface area contributed by atoms with Crippen LogP contribution in [-0.4, -0.2) is 9.78 Å². The fourth-order valence-corrected chi connectivity index (χ4v) is 1.58. The van der Waals surface area contributed by atoms with E-state index in [1.807, 2.05) is 6.07 Å². The molecular weight excluding hydrogens is 267 g/mol. The predicted octanol–water partition coefficient (Wildman–Crippen LogP) is 3.42. The average Bonchev–Trinajstić information content (AvgIpc) is 2.77. The van der Waals surface area contributed by atoms with E-state index in [9.17, 15) is 13.2 Å². The maximum atomic E-state index is 12.4. The first-order chi connectivity index (χ1) is 8.41. The number of halogens is 4. The minimum atomic E-state index is -4.51. The highest BCUT2D eigenvalue weighted by molar-refractivity contribution is 6.30. The summed E-state index contributed by atoms with van der Waals surface area (Å²) in [6, 6.07) is 6.98. The van der Waals surface area contributed by atoms with Crippen LogP contribution in [0, 0.1) is 11.3 Å². The highest BCUT2D eigenvalue weighted by atomic mass is 35.5. The molecule has 0 aliphatic carbocycles. The molecule has 0 radical (unpaired) electrons. The molecule has 1 aromatic carbocycles. The predicted molar refractivity (Wildman–Crippen MR) is 58.3 cm³/mol. The summed E-state index contributed by atoms with van der Waals surface area (Å²) in [5.74, 6) is 0. The maximum absolute atomic E-state index is 12.4. The zero-order valence-corrected chi connectivity index (χ0v) is 9.50. The van der Waals surface area contributed by atoms with E-state index in [1.54, 1.807) is 0 Å². The SMILES string of the molecule is N#Cc1cc(Cl)ccc1-n1ccc(C(F)(F)F)n1. The normalized spacial score (nSPS) is 11.3. The summed E-state index contributed by atoms with van der Waals surface area (Å²) in [5.41, 5.74) is -0.613. The van der Waals surface area contributed by atoms with Crippen molar-refractivity contribution in [1.82, 2.24) is 9.78 Å². The number of nitriles is 1. The van der Waals surface area contributed by atoms with E-state index in [1.165, 1.54) is 18.2 Å². The lowest BCUT2D eigenvalue weighted by atomic mass is 10.2. The molecule has 92 valence electrons. The van der Waals surface area contributed by atoms with Crippen molar-refractivity contribution in [3.8, 4) is 11.8 Å². The number of rotatable bonds is 1. The summed E-state index contributed by atoms with van der Waals surface area (Å²) in [5, 5.41) is 12.6. The third-order valence-electron chi connectivity index (χ3n) is 2.21. The fourth-order valence-electron chi connectivity index (χ4n) is 1.41. The Hall–Kier alpha value is -2.00. The van der Waals surface area contributed by atoms with Gasteiger partial charge in [-0.05, 0) is 24.3 Å². The van der Waals surface area contributed by atoms with Gasteiger partial charge in [-0.3, -0.25) is 0 Å². The molecule has 18 heavy (non-hydrogen) atoms. The quantitative estimate of drug-likeness (QED) is 0.797. The van der Waals surface area contributed by atoms with Crippen molar-refractivity contribution in [2.75, 3.05) is 0 Å². The minimum absolute atomic E-state index is 0.152. The Kier molecular flexibility index (Phi) is 3.01. The van der Waals surface area contributed by atoms with E-state index in [2.05, 4.69) is 5.10 Å². The van der Waals surface area contributed by atoms with Crippen molar-refractivity contribution in [3.05, 3.63) is 46.7 Å². The summed E-state index contributed by atoms with van der Waals surface area (Å²) in [4.78, 5) is 0. The van der Waals surface area contributed by atoms with Crippen molar-refractivity contribution in [2.45, 2.75) is 6.18 Å². The van der Waals surface area contributed by atoms with E-state index in [0.717, 1.165) is 16.9 Å². The lowest BCUT2D eigenvalue weighted by molar-refractivity contribution is -0.141. The van der Waals surface area contributed by atoms with Gasteiger partial charge >= 0.3 is 6.18 Å². The van der Waals surface area contributed by atoms with Crippen LogP contribution in [0.25, 0.3) is 5.69 Å². The lowest BCUT2D eigenvalue weighted by Crippen LogP contribution is -2.07. The highest BCUT2D eigenvalue weighted by Gasteiger charge is 2.33. The van der Waals surface area contributed by atoms with Crippen molar-refractivity contribution >= 4 is 11.6 Å². The van der Waals surface area contributed by atoms with Gasteiger partial charge in [0.15, 0.2) is 5.69 Å². The Labute approximate surface area is 105 Å². The van der Waals surface area contributed by atoms with E-state index in [4.69, 9.17) is 16.9 Å². The molecule has 1 heterocycles. The minimum Gasteiger partial charge on any atom is -0.239 e. The van der Waals surface area contributed by atoms with Crippen molar-refractivity contribution in [3.63, 3.8) is 0 Å². The zero-order valence-electron chi connectivity index (χ0n) is 8.74. The van der Waals surface area contributed by atoms with Crippen LogP contribution in [0.15, 0.2) is 30.5 Å². The number of nitrogens with zero attached hydrogens (tertiary/aromatic N) is 3. The van der Waals surface area contributed by atoms with Gasteiger partial charge in [0, 0.05) is 11.2 Å². The number of hydrogen-bond acceptors (Lipinski definition) is 2. The number of benzene rings is 1. The summed E-state index contributed by atoms with van der Waals surface area (Å²) in [6.45, 7) is 0. The third kappa shape index (κ3) is 2.31. The van der Waals surface area contributed by atoms with Crippen LogP contribution in [-0.2, 0) is 6.18 Å². The first kappa shape index (κ1) is 12.5. The second kappa shape index (κ2) is 4.35. The molecule has 2 rings (SSSR count). The van der Waals surface area contributed by atoms with Gasteiger partial charge in [0.1, 0.15) is 6.07 Å². The summed E-state index contributed by atoms with van der Waals surface area (Å²) in [6.07, 6.45) is -3.36. The van der Waals surface area contributed by atoms with Crippen LogP contribution in [0.5, 0.6) is 0 Å². The molecule has 0 N–H and O–H groups in total.